The van der Waals surface area contributed by atoms with Gasteiger partial charge >= 0.3 is 0 Å². The number of thioether (sulfide) groups is 1. The number of hydrogen-bond acceptors (Lipinski definition) is 3. The number of piperidine rings is 1. The summed E-state index contributed by atoms with van der Waals surface area (Å²) in [4.78, 5) is 15.8. The molecule has 1 heterocycles. The summed E-state index contributed by atoms with van der Waals surface area (Å²) in [5.41, 5.74) is 1.48. The third-order valence-corrected chi connectivity index (χ3v) is 5.67. The zero-order valence-corrected chi connectivity index (χ0v) is 16.2. The van der Waals surface area contributed by atoms with Crippen LogP contribution < -0.4 is 5.32 Å². The number of carbonyl (C=O) groups excluding carboxylic acids is 1. The summed E-state index contributed by atoms with van der Waals surface area (Å²) >= 11 is 7.45. The quantitative estimate of drug-likeness (QED) is 0.722. The van der Waals surface area contributed by atoms with Crippen molar-refractivity contribution < 1.29 is 9.18 Å². The zero-order valence-electron chi connectivity index (χ0n) is 14.7. The molecule has 2 aromatic rings. The van der Waals surface area contributed by atoms with Crippen LogP contribution in [0.15, 0.2) is 47.4 Å². The van der Waals surface area contributed by atoms with Gasteiger partial charge in [-0.2, -0.15) is 0 Å². The summed E-state index contributed by atoms with van der Waals surface area (Å²) in [6.07, 6.45) is 3.58. The first-order valence-corrected chi connectivity index (χ1v) is 10.3. The first kappa shape index (κ1) is 19.2. The number of nitrogens with one attached hydrogen (secondary N) is 1. The number of amides is 1. The highest BCUT2D eigenvalue weighted by Crippen LogP contribution is 2.24. The van der Waals surface area contributed by atoms with Gasteiger partial charge in [0.25, 0.3) is 0 Å². The number of hydrogen-bond donors (Lipinski definition) is 1. The van der Waals surface area contributed by atoms with Crippen molar-refractivity contribution in [3.05, 3.63) is 58.9 Å². The fourth-order valence-electron chi connectivity index (χ4n) is 3.19. The van der Waals surface area contributed by atoms with Gasteiger partial charge in [-0.15, -0.1) is 11.8 Å². The van der Waals surface area contributed by atoms with Crippen molar-refractivity contribution in [2.75, 3.05) is 24.7 Å². The fourth-order valence-corrected chi connectivity index (χ4v) is 3.81. The van der Waals surface area contributed by atoms with Gasteiger partial charge in [0.05, 0.1) is 0 Å². The van der Waals surface area contributed by atoms with Crippen LogP contribution in [0.25, 0.3) is 0 Å². The van der Waals surface area contributed by atoms with E-state index in [9.17, 15) is 9.18 Å². The van der Waals surface area contributed by atoms with E-state index in [-0.39, 0.29) is 17.6 Å². The van der Waals surface area contributed by atoms with Crippen molar-refractivity contribution >= 4 is 35.0 Å². The molecule has 3 nitrogen and oxygen atoms in total. The van der Waals surface area contributed by atoms with Crippen molar-refractivity contribution in [1.82, 2.24) is 4.90 Å². The van der Waals surface area contributed by atoms with Gasteiger partial charge in [0.2, 0.25) is 5.91 Å². The molecule has 0 saturated carbocycles. The first-order valence-electron chi connectivity index (χ1n) is 8.66. The Hall–Kier alpha value is -1.56. The molecule has 1 fully saturated rings. The molecule has 1 aliphatic heterocycles. The Bertz CT molecular complexity index is 778. The molecule has 26 heavy (non-hydrogen) atoms. The Balaban J connectivity index is 1.52. The predicted molar refractivity (Wildman–Crippen MR) is 106 cm³/mol. The van der Waals surface area contributed by atoms with E-state index in [1.165, 1.54) is 6.07 Å². The molecule has 0 bridgehead atoms. The number of benzene rings is 2. The summed E-state index contributed by atoms with van der Waals surface area (Å²) in [7, 11) is 0. The van der Waals surface area contributed by atoms with E-state index in [0.29, 0.717) is 17.1 Å². The second-order valence-electron chi connectivity index (χ2n) is 6.51. The Kier molecular flexibility index (Phi) is 6.57. The van der Waals surface area contributed by atoms with Crippen molar-refractivity contribution in [3.63, 3.8) is 0 Å². The van der Waals surface area contributed by atoms with Crippen LogP contribution in [0, 0.1) is 11.7 Å². The molecule has 138 valence electrons. The van der Waals surface area contributed by atoms with E-state index in [1.54, 1.807) is 23.9 Å². The van der Waals surface area contributed by atoms with Crippen LogP contribution >= 0.6 is 23.4 Å². The lowest BCUT2D eigenvalue weighted by atomic mass is 9.95. The molecule has 1 amide bonds. The third kappa shape index (κ3) is 5.00. The Morgan fingerprint density at radius 2 is 2.04 bits per heavy atom. The number of carbonyl (C=O) groups is 1. The number of nitrogens with zero attached hydrogens (tertiary/aromatic N) is 1. The van der Waals surface area contributed by atoms with Crippen LogP contribution in [0.3, 0.4) is 0 Å². The minimum atomic E-state index is -0.272. The third-order valence-electron chi connectivity index (χ3n) is 4.70. The smallest absolute Gasteiger partial charge is 0.227 e. The van der Waals surface area contributed by atoms with E-state index in [0.717, 1.165) is 36.5 Å². The van der Waals surface area contributed by atoms with Gasteiger partial charge < -0.3 is 5.32 Å². The van der Waals surface area contributed by atoms with Gasteiger partial charge in [0.15, 0.2) is 0 Å². The monoisotopic (exact) mass is 392 g/mol. The minimum absolute atomic E-state index is 0.000694. The fraction of sp³-hybridized carbons (Fsp3) is 0.350. The summed E-state index contributed by atoms with van der Waals surface area (Å²) in [6, 6.07) is 12.7. The van der Waals surface area contributed by atoms with E-state index in [4.69, 9.17) is 11.6 Å². The second-order valence-corrected chi connectivity index (χ2v) is 7.82. The van der Waals surface area contributed by atoms with Gasteiger partial charge in [-0.25, -0.2) is 4.39 Å². The molecule has 0 aliphatic carbocycles. The standard InChI is InChI=1S/C20H22ClFN2OS/c1-26-18-4-2-3-17(12-18)23-20(25)14-7-9-24(10-8-14)13-15-5-6-16(21)11-19(15)22/h2-6,11-12,14H,7-10,13H2,1H3,(H,23,25). The molecule has 6 heteroatoms. The molecule has 0 aromatic heterocycles. The number of anilines is 1. The normalized spacial score (nSPS) is 15.8. The molecular formula is C20H22ClFN2OS. The molecule has 0 unspecified atom stereocenters. The van der Waals surface area contributed by atoms with Crippen LogP contribution in [0.4, 0.5) is 10.1 Å². The molecule has 0 atom stereocenters. The molecule has 0 spiro atoms. The summed E-state index contributed by atoms with van der Waals surface area (Å²) < 4.78 is 13.9. The average Bonchev–Trinajstić information content (AvgIpc) is 2.64. The minimum Gasteiger partial charge on any atom is -0.326 e. The number of halogens is 2. The van der Waals surface area contributed by atoms with Gasteiger partial charge in [-0.3, -0.25) is 9.69 Å². The lowest BCUT2D eigenvalue weighted by molar-refractivity contribution is -0.121. The van der Waals surface area contributed by atoms with E-state index in [1.807, 2.05) is 30.5 Å². The lowest BCUT2D eigenvalue weighted by Gasteiger charge is -2.31. The van der Waals surface area contributed by atoms with Gasteiger partial charge in [-0.1, -0.05) is 23.7 Å². The zero-order chi connectivity index (χ0) is 18.5. The highest BCUT2D eigenvalue weighted by Gasteiger charge is 2.25. The van der Waals surface area contributed by atoms with Crippen molar-refractivity contribution in [2.24, 2.45) is 5.92 Å². The molecule has 0 radical (unpaired) electrons. The van der Waals surface area contributed by atoms with Gasteiger partial charge in [-0.05, 0) is 62.5 Å². The van der Waals surface area contributed by atoms with E-state index < -0.39 is 0 Å². The topological polar surface area (TPSA) is 32.3 Å². The van der Waals surface area contributed by atoms with Crippen molar-refractivity contribution in [2.45, 2.75) is 24.3 Å². The first-order chi connectivity index (χ1) is 12.5. The van der Waals surface area contributed by atoms with E-state index >= 15 is 0 Å². The highest BCUT2D eigenvalue weighted by atomic mass is 35.5. The van der Waals surface area contributed by atoms with Gasteiger partial charge in [0, 0.05) is 33.6 Å². The summed E-state index contributed by atoms with van der Waals surface area (Å²) in [5.74, 6) is -0.203. The molecule has 2 aromatic carbocycles. The van der Waals surface area contributed by atoms with Crippen LogP contribution in [0.2, 0.25) is 5.02 Å². The predicted octanol–water partition coefficient (Wildman–Crippen LogP) is 5.05. The van der Waals surface area contributed by atoms with Crippen molar-refractivity contribution in [3.8, 4) is 0 Å². The number of rotatable bonds is 5. The number of likely N-dealkylation sites (tertiary alicyclic amines) is 1. The lowest BCUT2D eigenvalue weighted by Crippen LogP contribution is -2.37. The molecule has 3 rings (SSSR count). The molecule has 1 saturated heterocycles. The van der Waals surface area contributed by atoms with Crippen LogP contribution in [0.5, 0.6) is 0 Å². The van der Waals surface area contributed by atoms with Gasteiger partial charge in [0.1, 0.15) is 5.82 Å². The average molecular weight is 393 g/mol. The Labute approximate surface area is 162 Å². The van der Waals surface area contributed by atoms with Crippen LogP contribution in [-0.2, 0) is 11.3 Å². The summed E-state index contributed by atoms with van der Waals surface area (Å²) in [5, 5.41) is 3.43. The molecule has 1 N–H and O–H groups in total. The maximum Gasteiger partial charge on any atom is 0.227 e. The summed E-state index contributed by atoms with van der Waals surface area (Å²) in [6.45, 7) is 2.11. The SMILES string of the molecule is CSc1cccc(NC(=O)C2CCN(Cc3ccc(Cl)cc3F)CC2)c1. The largest absolute Gasteiger partial charge is 0.326 e. The molecule has 1 aliphatic rings. The Morgan fingerprint density at radius 1 is 1.27 bits per heavy atom. The van der Waals surface area contributed by atoms with Crippen molar-refractivity contribution in [1.29, 1.82) is 0 Å². The highest BCUT2D eigenvalue weighted by molar-refractivity contribution is 7.98. The van der Waals surface area contributed by atoms with Crippen LogP contribution in [0.1, 0.15) is 18.4 Å². The van der Waals surface area contributed by atoms with E-state index in [2.05, 4.69) is 10.2 Å². The second kappa shape index (κ2) is 8.89. The maximum absolute atomic E-state index is 13.9. The Morgan fingerprint density at radius 3 is 2.73 bits per heavy atom. The van der Waals surface area contributed by atoms with Crippen LogP contribution in [-0.4, -0.2) is 30.2 Å². The molecular weight excluding hydrogens is 371 g/mol. The maximum atomic E-state index is 13.9.